The van der Waals surface area contributed by atoms with E-state index in [0.29, 0.717) is 16.8 Å². The van der Waals surface area contributed by atoms with Gasteiger partial charge in [0.15, 0.2) is 0 Å². The highest BCUT2D eigenvalue weighted by Crippen LogP contribution is 2.27. The number of benzene rings is 1. The summed E-state index contributed by atoms with van der Waals surface area (Å²) in [5.74, 6) is 0.523. The molecule has 0 radical (unpaired) electrons. The van der Waals surface area contributed by atoms with Crippen LogP contribution in [0.4, 0.5) is 0 Å². The highest BCUT2D eigenvalue weighted by Gasteiger charge is 2.16. The van der Waals surface area contributed by atoms with Gasteiger partial charge in [0, 0.05) is 43.4 Å². The Labute approximate surface area is 197 Å². The number of aromatic nitrogens is 2. The van der Waals surface area contributed by atoms with Gasteiger partial charge >= 0.3 is 0 Å². The molecule has 0 amide bonds. The normalized spacial score (nSPS) is 17.5. The Morgan fingerprint density at radius 1 is 1.18 bits per heavy atom. The van der Waals surface area contributed by atoms with Crippen LogP contribution >= 0.6 is 11.6 Å². The Hall–Kier alpha value is -2.93. The number of ether oxygens (including phenoxy) is 2. The monoisotopic (exact) mass is 463 g/mol. The Balaban J connectivity index is 1.25. The van der Waals surface area contributed by atoms with Crippen molar-refractivity contribution in [1.82, 2.24) is 14.9 Å². The van der Waals surface area contributed by atoms with E-state index in [1.807, 2.05) is 6.07 Å². The second kappa shape index (κ2) is 9.91. The van der Waals surface area contributed by atoms with Gasteiger partial charge in [-0.25, -0.2) is 0 Å². The van der Waals surface area contributed by atoms with Crippen LogP contribution in [0, 0.1) is 0 Å². The number of hydrogen-bond acceptors (Lipinski definition) is 5. The number of halogens is 1. The first-order valence-corrected chi connectivity index (χ1v) is 11.6. The first kappa shape index (κ1) is 21.9. The van der Waals surface area contributed by atoms with E-state index in [4.69, 9.17) is 21.1 Å². The summed E-state index contributed by atoms with van der Waals surface area (Å²) in [5, 5.41) is 4.15. The lowest BCUT2D eigenvalue weighted by atomic mass is 9.93. The minimum absolute atomic E-state index is 0.106. The molecule has 2 aliphatic rings. The van der Waals surface area contributed by atoms with Gasteiger partial charge in [-0.1, -0.05) is 29.8 Å². The zero-order valence-corrected chi connectivity index (χ0v) is 19.1. The van der Waals surface area contributed by atoms with Crippen molar-refractivity contribution in [3.8, 4) is 5.75 Å². The van der Waals surface area contributed by atoms with Gasteiger partial charge in [0.2, 0.25) is 0 Å². The van der Waals surface area contributed by atoms with Crippen molar-refractivity contribution in [1.29, 1.82) is 0 Å². The van der Waals surface area contributed by atoms with E-state index in [9.17, 15) is 4.79 Å². The van der Waals surface area contributed by atoms with Crippen LogP contribution in [0.5, 0.6) is 5.75 Å². The molecule has 1 N–H and O–H groups in total. The molecule has 1 aromatic carbocycles. The number of nitrogens with zero attached hydrogens (tertiary/aromatic N) is 2. The zero-order valence-electron chi connectivity index (χ0n) is 18.3. The summed E-state index contributed by atoms with van der Waals surface area (Å²) < 4.78 is 12.9. The third kappa shape index (κ3) is 5.36. The van der Waals surface area contributed by atoms with E-state index < -0.39 is 0 Å². The highest BCUT2D eigenvalue weighted by molar-refractivity contribution is 6.30. The summed E-state index contributed by atoms with van der Waals surface area (Å²) in [7, 11) is 0. The van der Waals surface area contributed by atoms with Crippen LogP contribution in [0.3, 0.4) is 0 Å². The number of rotatable bonds is 7. The van der Waals surface area contributed by atoms with Crippen LogP contribution in [-0.2, 0) is 24.3 Å². The van der Waals surface area contributed by atoms with Crippen molar-refractivity contribution in [2.45, 2.75) is 38.5 Å². The molecule has 6 nitrogen and oxygen atoms in total. The van der Waals surface area contributed by atoms with Crippen LogP contribution < -0.4 is 15.6 Å². The standard InChI is InChI=1S/C26H26ClN3O3/c27-21-4-5-22(29-15-21)17-33-25-7-9-30(26(31)13-25)24-6-3-19-11-18(1-2-20(19)12-24)14-28-23-8-10-32-16-23/h1-2,4-5,7,9,11-13,15,23,28H,3,6,8,10,14,16-17H2/t23-/m1/s1. The summed E-state index contributed by atoms with van der Waals surface area (Å²) in [4.78, 5) is 17.0. The van der Waals surface area contributed by atoms with Gasteiger partial charge in [0.25, 0.3) is 5.56 Å². The molecule has 1 aliphatic carbocycles. The molecule has 0 unspecified atom stereocenters. The molecule has 5 rings (SSSR count). The summed E-state index contributed by atoms with van der Waals surface area (Å²) in [6.07, 6.45) is 8.28. The van der Waals surface area contributed by atoms with Gasteiger partial charge in [-0.3, -0.25) is 14.3 Å². The molecule has 1 fully saturated rings. The van der Waals surface area contributed by atoms with E-state index in [2.05, 4.69) is 34.6 Å². The minimum Gasteiger partial charge on any atom is -0.487 e. The minimum atomic E-state index is -0.106. The topological polar surface area (TPSA) is 65.4 Å². The summed E-state index contributed by atoms with van der Waals surface area (Å²) >= 11 is 5.86. The fourth-order valence-corrected chi connectivity index (χ4v) is 4.34. The zero-order chi connectivity index (χ0) is 22.6. The van der Waals surface area contributed by atoms with E-state index in [-0.39, 0.29) is 12.2 Å². The molecular weight excluding hydrogens is 438 g/mol. The largest absolute Gasteiger partial charge is 0.487 e. The first-order chi connectivity index (χ1) is 16.1. The van der Waals surface area contributed by atoms with Crippen LogP contribution in [0.25, 0.3) is 11.8 Å². The van der Waals surface area contributed by atoms with Crippen LogP contribution in [0.2, 0.25) is 5.02 Å². The number of nitrogens with one attached hydrogen (secondary N) is 1. The molecule has 0 saturated carbocycles. The summed E-state index contributed by atoms with van der Waals surface area (Å²) in [6, 6.07) is 13.9. The Bertz CT molecular complexity index is 1210. The van der Waals surface area contributed by atoms with Crippen molar-refractivity contribution < 1.29 is 9.47 Å². The lowest BCUT2D eigenvalue weighted by Crippen LogP contribution is -2.28. The molecule has 3 heterocycles. The molecule has 1 aliphatic heterocycles. The van der Waals surface area contributed by atoms with E-state index in [0.717, 1.165) is 50.4 Å². The highest BCUT2D eigenvalue weighted by atomic mass is 35.5. The molecule has 2 aromatic heterocycles. The van der Waals surface area contributed by atoms with Crippen molar-refractivity contribution in [2.75, 3.05) is 13.2 Å². The van der Waals surface area contributed by atoms with Crippen LogP contribution in [-0.4, -0.2) is 28.8 Å². The van der Waals surface area contributed by atoms with Gasteiger partial charge in [-0.05, 0) is 60.2 Å². The Morgan fingerprint density at radius 2 is 2.12 bits per heavy atom. The summed E-state index contributed by atoms with van der Waals surface area (Å²) in [5.41, 5.74) is 5.42. The molecule has 33 heavy (non-hydrogen) atoms. The van der Waals surface area contributed by atoms with Crippen molar-refractivity contribution in [3.05, 3.63) is 92.6 Å². The molecular formula is C26H26ClN3O3. The van der Waals surface area contributed by atoms with E-state index in [1.54, 1.807) is 29.1 Å². The maximum absolute atomic E-state index is 12.8. The van der Waals surface area contributed by atoms with Crippen molar-refractivity contribution in [3.63, 3.8) is 0 Å². The number of aryl methyl sites for hydroxylation is 1. The van der Waals surface area contributed by atoms with Gasteiger partial charge in [-0.15, -0.1) is 0 Å². The predicted molar refractivity (Wildman–Crippen MR) is 129 cm³/mol. The third-order valence-electron chi connectivity index (χ3n) is 6.08. The van der Waals surface area contributed by atoms with E-state index in [1.165, 1.54) is 22.8 Å². The molecule has 0 spiro atoms. The molecule has 7 heteroatoms. The number of pyridine rings is 2. The second-order valence-corrected chi connectivity index (χ2v) is 8.87. The predicted octanol–water partition coefficient (Wildman–Crippen LogP) is 4.30. The lowest BCUT2D eigenvalue weighted by molar-refractivity contribution is 0.190. The SMILES string of the molecule is O=c1cc(OCc2ccc(Cl)cn2)ccn1C1=Cc2ccc(CN[C@@H]3CCOC3)cc2CC1. The number of fused-ring (bicyclic) bond motifs is 1. The van der Waals surface area contributed by atoms with Crippen molar-refractivity contribution in [2.24, 2.45) is 0 Å². The molecule has 1 atom stereocenters. The van der Waals surface area contributed by atoms with Gasteiger partial charge < -0.3 is 14.8 Å². The maximum Gasteiger partial charge on any atom is 0.258 e. The second-order valence-electron chi connectivity index (χ2n) is 8.44. The quantitative estimate of drug-likeness (QED) is 0.566. The van der Waals surface area contributed by atoms with Crippen molar-refractivity contribution >= 4 is 23.4 Å². The molecule has 1 saturated heterocycles. The van der Waals surface area contributed by atoms with E-state index >= 15 is 0 Å². The molecule has 0 bridgehead atoms. The third-order valence-corrected chi connectivity index (χ3v) is 6.30. The first-order valence-electron chi connectivity index (χ1n) is 11.2. The molecule has 3 aromatic rings. The van der Waals surface area contributed by atoms with Crippen LogP contribution in [0.1, 0.15) is 35.2 Å². The fraction of sp³-hybridized carbons (Fsp3) is 0.308. The average molecular weight is 464 g/mol. The number of allylic oxidation sites excluding steroid dienone is 1. The average Bonchev–Trinajstić information content (AvgIpc) is 3.36. The van der Waals surface area contributed by atoms with Crippen LogP contribution in [0.15, 0.2) is 59.7 Å². The fourth-order valence-electron chi connectivity index (χ4n) is 4.23. The van der Waals surface area contributed by atoms with Gasteiger partial charge in [0.1, 0.15) is 12.4 Å². The Morgan fingerprint density at radius 3 is 2.91 bits per heavy atom. The summed E-state index contributed by atoms with van der Waals surface area (Å²) in [6.45, 7) is 2.78. The number of hydrogen-bond donors (Lipinski definition) is 1. The lowest BCUT2D eigenvalue weighted by Gasteiger charge is -2.20. The van der Waals surface area contributed by atoms with Gasteiger partial charge in [-0.2, -0.15) is 0 Å². The maximum atomic E-state index is 12.8. The Kier molecular flexibility index (Phi) is 6.58. The van der Waals surface area contributed by atoms with Gasteiger partial charge in [0.05, 0.1) is 17.3 Å². The smallest absolute Gasteiger partial charge is 0.258 e. The molecule has 170 valence electrons.